The first-order valence-electron chi connectivity index (χ1n) is 6.78. The molecule has 0 aliphatic heterocycles. The van der Waals surface area contributed by atoms with Gasteiger partial charge in [0.15, 0.2) is 0 Å². The number of carbonyl (C=O) groups excluding carboxylic acids is 1. The van der Waals surface area contributed by atoms with E-state index in [2.05, 4.69) is 5.32 Å². The van der Waals surface area contributed by atoms with Crippen molar-refractivity contribution in [3.05, 3.63) is 0 Å². The molecule has 0 radical (unpaired) electrons. The Hall–Kier alpha value is -1.10. The van der Waals surface area contributed by atoms with Crippen LogP contribution in [0.25, 0.3) is 0 Å². The van der Waals surface area contributed by atoms with Gasteiger partial charge in [0.1, 0.15) is 11.6 Å². The lowest BCUT2D eigenvalue weighted by Gasteiger charge is -2.34. The molecule has 0 aromatic rings. The highest BCUT2D eigenvalue weighted by molar-refractivity contribution is 5.76. The first-order chi connectivity index (χ1) is 8.55. The van der Waals surface area contributed by atoms with E-state index in [1.165, 1.54) is 0 Å². The highest BCUT2D eigenvalue weighted by atomic mass is 16.6. The van der Waals surface area contributed by atoms with E-state index in [4.69, 9.17) is 9.84 Å². The number of rotatable bonds is 4. The number of carbonyl (C=O) groups is 2. The molecule has 2 unspecified atom stereocenters. The smallest absolute Gasteiger partial charge is 0.320 e. The van der Waals surface area contributed by atoms with Crippen molar-refractivity contribution in [1.29, 1.82) is 0 Å². The van der Waals surface area contributed by atoms with E-state index in [1.54, 1.807) is 6.92 Å². The van der Waals surface area contributed by atoms with E-state index >= 15 is 0 Å². The molecule has 0 saturated heterocycles. The Kier molecular flexibility index (Phi) is 4.61. The number of hydrogen-bond acceptors (Lipinski definition) is 4. The van der Waals surface area contributed by atoms with Gasteiger partial charge in [-0.25, -0.2) is 0 Å². The molecule has 1 aliphatic rings. The van der Waals surface area contributed by atoms with Crippen molar-refractivity contribution in [2.45, 2.75) is 71.1 Å². The van der Waals surface area contributed by atoms with Crippen molar-refractivity contribution < 1.29 is 19.4 Å². The van der Waals surface area contributed by atoms with E-state index in [-0.39, 0.29) is 11.9 Å². The number of nitrogens with one attached hydrogen (secondary N) is 1. The fourth-order valence-corrected chi connectivity index (χ4v) is 2.65. The minimum absolute atomic E-state index is 0.238. The van der Waals surface area contributed by atoms with E-state index < -0.39 is 23.2 Å². The Morgan fingerprint density at radius 3 is 2.47 bits per heavy atom. The van der Waals surface area contributed by atoms with Crippen LogP contribution in [0.5, 0.6) is 0 Å². The average Bonchev–Trinajstić information content (AvgIpc) is 2.57. The maximum absolute atomic E-state index is 12.2. The summed E-state index contributed by atoms with van der Waals surface area (Å²) in [5, 5.41) is 12.1. The number of esters is 1. The molecule has 2 N–H and O–H groups in total. The molecule has 1 rings (SSSR count). The van der Waals surface area contributed by atoms with Gasteiger partial charge in [-0.2, -0.15) is 0 Å². The van der Waals surface area contributed by atoms with Crippen molar-refractivity contribution in [3.8, 4) is 0 Å². The molecule has 5 heteroatoms. The molecule has 0 aromatic heterocycles. The van der Waals surface area contributed by atoms with Gasteiger partial charge in [-0.1, -0.05) is 6.42 Å². The molecule has 1 fully saturated rings. The zero-order valence-electron chi connectivity index (χ0n) is 12.4. The van der Waals surface area contributed by atoms with Crippen LogP contribution in [0.15, 0.2) is 0 Å². The summed E-state index contributed by atoms with van der Waals surface area (Å²) < 4.78 is 5.43. The topological polar surface area (TPSA) is 75.6 Å². The summed E-state index contributed by atoms with van der Waals surface area (Å²) >= 11 is 0. The molecular weight excluding hydrogens is 246 g/mol. The lowest BCUT2D eigenvalue weighted by atomic mass is 9.88. The number of carboxylic acid groups (broad SMARTS) is 1. The summed E-state index contributed by atoms with van der Waals surface area (Å²) in [5.41, 5.74) is -1.01. The van der Waals surface area contributed by atoms with E-state index in [1.807, 2.05) is 27.7 Å². The van der Waals surface area contributed by atoms with Crippen LogP contribution in [-0.2, 0) is 14.3 Å². The molecule has 0 amide bonds. The minimum Gasteiger partial charge on any atom is -0.480 e. The molecule has 1 saturated carbocycles. The van der Waals surface area contributed by atoms with E-state index in [0.717, 1.165) is 19.3 Å². The van der Waals surface area contributed by atoms with Gasteiger partial charge in [0.25, 0.3) is 0 Å². The zero-order chi connectivity index (χ0) is 14.8. The third-order valence-electron chi connectivity index (χ3n) is 3.57. The predicted molar refractivity (Wildman–Crippen MR) is 71.8 cm³/mol. The molecule has 110 valence electrons. The third kappa shape index (κ3) is 4.20. The second-order valence-electron chi connectivity index (χ2n) is 6.60. The monoisotopic (exact) mass is 271 g/mol. The number of carboxylic acids is 1. The Balaban J connectivity index is 2.77. The lowest BCUT2D eigenvalue weighted by Crippen LogP contribution is -2.54. The lowest BCUT2D eigenvalue weighted by molar-refractivity contribution is -0.162. The van der Waals surface area contributed by atoms with Gasteiger partial charge >= 0.3 is 11.9 Å². The number of aliphatic carboxylic acids is 1. The normalized spacial score (nSPS) is 29.0. The summed E-state index contributed by atoms with van der Waals surface area (Å²) in [6.07, 6.45) is 2.43. The maximum atomic E-state index is 12.2. The van der Waals surface area contributed by atoms with Crippen LogP contribution in [0.2, 0.25) is 0 Å². The zero-order valence-corrected chi connectivity index (χ0v) is 12.4. The van der Waals surface area contributed by atoms with E-state index in [9.17, 15) is 9.59 Å². The first-order valence-corrected chi connectivity index (χ1v) is 6.78. The summed E-state index contributed by atoms with van der Waals surface area (Å²) in [4.78, 5) is 23.2. The molecule has 1 aliphatic carbocycles. The number of hydrogen-bond donors (Lipinski definition) is 2. The predicted octanol–water partition coefficient (Wildman–Crippen LogP) is 1.95. The fraction of sp³-hybridized carbons (Fsp3) is 0.857. The summed E-state index contributed by atoms with van der Waals surface area (Å²) in [6, 6.07) is -0.673. The third-order valence-corrected chi connectivity index (χ3v) is 3.57. The molecule has 0 heterocycles. The Labute approximate surface area is 114 Å². The summed E-state index contributed by atoms with van der Waals surface area (Å²) in [5.74, 6) is -1.43. The fourth-order valence-electron chi connectivity index (χ4n) is 2.65. The van der Waals surface area contributed by atoms with Crippen LogP contribution in [0.3, 0.4) is 0 Å². The molecule has 3 atom stereocenters. The van der Waals surface area contributed by atoms with E-state index in [0.29, 0.717) is 0 Å². The summed E-state index contributed by atoms with van der Waals surface area (Å²) in [6.45, 7) is 9.02. The van der Waals surface area contributed by atoms with Crippen molar-refractivity contribution in [1.82, 2.24) is 5.32 Å². The molecule has 0 spiro atoms. The van der Waals surface area contributed by atoms with Crippen molar-refractivity contribution >= 4 is 11.9 Å². The van der Waals surface area contributed by atoms with Gasteiger partial charge < -0.3 is 9.84 Å². The largest absolute Gasteiger partial charge is 0.480 e. The van der Waals surface area contributed by atoms with Gasteiger partial charge in [0, 0.05) is 5.54 Å². The maximum Gasteiger partial charge on any atom is 0.320 e. The van der Waals surface area contributed by atoms with Gasteiger partial charge in [-0.05, 0) is 47.5 Å². The molecule has 0 bridgehead atoms. The highest BCUT2D eigenvalue weighted by Gasteiger charge is 2.46. The second-order valence-corrected chi connectivity index (χ2v) is 6.60. The van der Waals surface area contributed by atoms with Crippen LogP contribution >= 0.6 is 0 Å². The van der Waals surface area contributed by atoms with Crippen LogP contribution < -0.4 is 5.32 Å². The van der Waals surface area contributed by atoms with Crippen LogP contribution in [0.1, 0.15) is 53.9 Å². The average molecular weight is 271 g/mol. The van der Waals surface area contributed by atoms with Crippen LogP contribution in [0, 0.1) is 5.92 Å². The van der Waals surface area contributed by atoms with Crippen molar-refractivity contribution in [2.24, 2.45) is 5.92 Å². The van der Waals surface area contributed by atoms with Gasteiger partial charge in [-0.15, -0.1) is 0 Å². The van der Waals surface area contributed by atoms with Crippen molar-refractivity contribution in [2.75, 3.05) is 0 Å². The quantitative estimate of drug-likeness (QED) is 0.764. The SMILES string of the molecule is C[C@H](NC1(C)CCCC1C(=O)OC(C)(C)C)C(=O)O. The van der Waals surface area contributed by atoms with Crippen molar-refractivity contribution in [3.63, 3.8) is 0 Å². The molecular formula is C14H25NO4. The highest BCUT2D eigenvalue weighted by Crippen LogP contribution is 2.37. The Morgan fingerprint density at radius 2 is 2.00 bits per heavy atom. The minimum atomic E-state index is -0.906. The van der Waals surface area contributed by atoms with Crippen LogP contribution in [0.4, 0.5) is 0 Å². The first kappa shape index (κ1) is 16.0. The van der Waals surface area contributed by atoms with Gasteiger partial charge in [-0.3, -0.25) is 14.9 Å². The molecule has 0 aromatic carbocycles. The van der Waals surface area contributed by atoms with Gasteiger partial charge in [0.05, 0.1) is 5.92 Å². The Morgan fingerprint density at radius 1 is 1.42 bits per heavy atom. The second kappa shape index (κ2) is 5.49. The standard InChI is InChI=1S/C14H25NO4/c1-9(11(16)17)15-14(5)8-6-7-10(14)12(18)19-13(2,3)4/h9-10,15H,6-8H2,1-5H3,(H,16,17)/t9-,10?,14?/m0/s1. The van der Waals surface area contributed by atoms with Gasteiger partial charge in [0.2, 0.25) is 0 Å². The Bertz CT molecular complexity index is 361. The number of ether oxygens (including phenoxy) is 1. The van der Waals surface area contributed by atoms with Crippen LogP contribution in [-0.4, -0.2) is 34.2 Å². The molecule has 5 nitrogen and oxygen atoms in total. The molecule has 19 heavy (non-hydrogen) atoms. The summed E-state index contributed by atoms with van der Waals surface area (Å²) in [7, 11) is 0.